The molecule has 0 atom stereocenters. The molecule has 5 heteroatoms. The smallest absolute Gasteiger partial charge is 0.262 e. The third-order valence-corrected chi connectivity index (χ3v) is 7.17. The van der Waals surface area contributed by atoms with Crippen LogP contribution in [0.3, 0.4) is 0 Å². The first-order valence-electron chi connectivity index (χ1n) is 8.17. The van der Waals surface area contributed by atoms with Crippen LogP contribution < -0.4 is 5.32 Å². The summed E-state index contributed by atoms with van der Waals surface area (Å²) in [5.74, 6) is 0.891. The Balaban J connectivity index is 1.58. The fraction of sp³-hybridized carbons (Fsp3) is 0.316. The Morgan fingerprint density at radius 3 is 2.88 bits per heavy atom. The van der Waals surface area contributed by atoms with Crippen LogP contribution in [0.15, 0.2) is 23.1 Å². The molecular formula is C19H18ClNOS2. The van der Waals surface area contributed by atoms with Crippen LogP contribution in [0.5, 0.6) is 0 Å². The summed E-state index contributed by atoms with van der Waals surface area (Å²) >= 11 is 9.51. The summed E-state index contributed by atoms with van der Waals surface area (Å²) in [5, 5.41) is 3.70. The molecule has 1 amide bonds. The number of amides is 1. The molecule has 4 rings (SSSR count). The molecular weight excluding hydrogens is 358 g/mol. The van der Waals surface area contributed by atoms with E-state index in [0.717, 1.165) is 21.9 Å². The lowest BCUT2D eigenvalue weighted by molar-refractivity contribution is -0.112. The summed E-state index contributed by atoms with van der Waals surface area (Å²) in [6.07, 6.45) is 7.09. The van der Waals surface area contributed by atoms with Crippen LogP contribution in [-0.4, -0.2) is 5.91 Å². The Morgan fingerprint density at radius 1 is 1.21 bits per heavy atom. The molecule has 0 saturated carbocycles. The quantitative estimate of drug-likeness (QED) is 0.717. The first-order chi connectivity index (χ1) is 11.6. The fourth-order valence-corrected chi connectivity index (χ4v) is 6.08. The van der Waals surface area contributed by atoms with Gasteiger partial charge in [0, 0.05) is 26.2 Å². The third kappa shape index (κ3) is 3.03. The minimum atomic E-state index is -0.0255. The number of fused-ring (bicyclic) bond motifs is 3. The van der Waals surface area contributed by atoms with Crippen molar-refractivity contribution < 1.29 is 4.79 Å². The van der Waals surface area contributed by atoms with E-state index in [0.29, 0.717) is 5.02 Å². The third-order valence-electron chi connectivity index (χ3n) is 4.61. The van der Waals surface area contributed by atoms with Gasteiger partial charge in [-0.3, -0.25) is 4.79 Å². The van der Waals surface area contributed by atoms with Gasteiger partial charge in [0.25, 0.3) is 5.91 Å². The van der Waals surface area contributed by atoms with Crippen LogP contribution >= 0.6 is 34.7 Å². The lowest BCUT2D eigenvalue weighted by atomic mass is 9.95. The number of rotatable bonds is 2. The van der Waals surface area contributed by atoms with Gasteiger partial charge >= 0.3 is 0 Å². The number of hydrogen-bond donors (Lipinski definition) is 1. The molecule has 2 heterocycles. The molecule has 0 unspecified atom stereocenters. The zero-order valence-electron chi connectivity index (χ0n) is 13.4. The summed E-state index contributed by atoms with van der Waals surface area (Å²) in [6.45, 7) is 1.95. The Hall–Kier alpha value is -1.23. The molecule has 2 aliphatic rings. The maximum Gasteiger partial charge on any atom is 0.262 e. The Labute approximate surface area is 155 Å². The second kappa shape index (κ2) is 6.58. The standard InChI is InChI=1S/C19H18ClNOS2/c1-11-8-12(20)6-7-15(11)21-19(22)18-9-17-14(10-23-18)13-4-2-3-5-16(13)24-17/h6-9H,2-5,10H2,1H3,(H,21,22). The van der Waals surface area contributed by atoms with Crippen LogP contribution in [0.1, 0.15) is 39.3 Å². The molecule has 1 aliphatic carbocycles. The second-order valence-electron chi connectivity index (χ2n) is 6.26. The van der Waals surface area contributed by atoms with Gasteiger partial charge in [-0.2, -0.15) is 0 Å². The highest BCUT2D eigenvalue weighted by Crippen LogP contribution is 2.42. The maximum atomic E-state index is 12.6. The number of carbonyl (C=O) groups is 1. The highest BCUT2D eigenvalue weighted by Gasteiger charge is 2.25. The van der Waals surface area contributed by atoms with Gasteiger partial charge in [0.05, 0.1) is 4.91 Å². The summed E-state index contributed by atoms with van der Waals surface area (Å²) in [4.78, 5) is 16.3. The van der Waals surface area contributed by atoms with Crippen molar-refractivity contribution in [3.8, 4) is 0 Å². The highest BCUT2D eigenvalue weighted by atomic mass is 35.5. The predicted octanol–water partition coefficient (Wildman–Crippen LogP) is 5.82. The monoisotopic (exact) mass is 375 g/mol. The maximum absolute atomic E-state index is 12.6. The molecule has 0 spiro atoms. The molecule has 24 heavy (non-hydrogen) atoms. The summed E-state index contributed by atoms with van der Waals surface area (Å²) in [6, 6.07) is 5.53. The zero-order chi connectivity index (χ0) is 16.7. The average Bonchev–Trinajstić information content (AvgIpc) is 2.95. The van der Waals surface area contributed by atoms with Crippen LogP contribution in [0.2, 0.25) is 5.02 Å². The predicted molar refractivity (Wildman–Crippen MR) is 105 cm³/mol. The van der Waals surface area contributed by atoms with Crippen molar-refractivity contribution in [2.24, 2.45) is 0 Å². The first kappa shape index (κ1) is 16.2. The van der Waals surface area contributed by atoms with Gasteiger partial charge in [-0.15, -0.1) is 23.1 Å². The normalized spacial score (nSPS) is 16.2. The van der Waals surface area contributed by atoms with E-state index in [9.17, 15) is 4.79 Å². The zero-order valence-corrected chi connectivity index (χ0v) is 15.8. The lowest BCUT2D eigenvalue weighted by Gasteiger charge is -2.16. The van der Waals surface area contributed by atoms with Crippen molar-refractivity contribution in [1.82, 2.24) is 0 Å². The van der Waals surface area contributed by atoms with E-state index in [-0.39, 0.29) is 5.91 Å². The van der Waals surface area contributed by atoms with Gasteiger partial charge in [0.1, 0.15) is 0 Å². The SMILES string of the molecule is Cc1cc(Cl)ccc1NC(=O)C1=Cc2sc3c(c2CS1)CCCC3. The van der Waals surface area contributed by atoms with E-state index in [1.807, 2.05) is 30.4 Å². The van der Waals surface area contributed by atoms with Crippen molar-refractivity contribution in [3.63, 3.8) is 0 Å². The Kier molecular flexibility index (Phi) is 4.46. The lowest BCUT2D eigenvalue weighted by Crippen LogP contribution is -2.15. The van der Waals surface area contributed by atoms with E-state index in [1.54, 1.807) is 28.3 Å². The van der Waals surface area contributed by atoms with Gasteiger partial charge in [-0.1, -0.05) is 11.6 Å². The average molecular weight is 376 g/mol. The summed E-state index contributed by atoms with van der Waals surface area (Å²) in [7, 11) is 0. The molecule has 0 radical (unpaired) electrons. The largest absolute Gasteiger partial charge is 0.321 e. The molecule has 124 valence electrons. The molecule has 1 aromatic heterocycles. The van der Waals surface area contributed by atoms with E-state index in [2.05, 4.69) is 11.4 Å². The molecule has 2 aromatic rings. The number of halogens is 1. The number of thiophene rings is 1. The first-order valence-corrected chi connectivity index (χ1v) is 10.4. The Morgan fingerprint density at radius 2 is 2.04 bits per heavy atom. The van der Waals surface area contributed by atoms with Crippen molar-refractivity contribution in [2.45, 2.75) is 38.4 Å². The Bertz CT molecular complexity index is 853. The number of benzene rings is 1. The van der Waals surface area contributed by atoms with Gasteiger partial charge < -0.3 is 5.32 Å². The molecule has 1 N–H and O–H groups in total. The van der Waals surface area contributed by atoms with E-state index in [1.165, 1.54) is 36.1 Å². The van der Waals surface area contributed by atoms with Crippen molar-refractivity contribution >= 4 is 52.4 Å². The molecule has 0 saturated heterocycles. The number of aryl methyl sites for hydroxylation is 2. The van der Waals surface area contributed by atoms with Crippen LogP contribution in [0, 0.1) is 6.92 Å². The van der Waals surface area contributed by atoms with Crippen LogP contribution in [0.25, 0.3) is 6.08 Å². The van der Waals surface area contributed by atoms with Crippen molar-refractivity contribution in [2.75, 3.05) is 5.32 Å². The molecule has 0 fully saturated rings. The number of nitrogens with one attached hydrogen (secondary N) is 1. The molecule has 2 nitrogen and oxygen atoms in total. The number of carbonyl (C=O) groups excluding carboxylic acids is 1. The van der Waals surface area contributed by atoms with E-state index in [4.69, 9.17) is 11.6 Å². The molecule has 1 aliphatic heterocycles. The van der Waals surface area contributed by atoms with Gasteiger partial charge in [0.15, 0.2) is 0 Å². The van der Waals surface area contributed by atoms with E-state index < -0.39 is 0 Å². The fourth-order valence-electron chi connectivity index (χ4n) is 3.32. The number of hydrogen-bond acceptors (Lipinski definition) is 3. The minimum absolute atomic E-state index is 0.0255. The molecule has 0 bridgehead atoms. The molecule has 1 aromatic carbocycles. The van der Waals surface area contributed by atoms with Gasteiger partial charge in [0.2, 0.25) is 0 Å². The van der Waals surface area contributed by atoms with Gasteiger partial charge in [-0.25, -0.2) is 0 Å². The summed E-state index contributed by atoms with van der Waals surface area (Å²) < 4.78 is 0. The minimum Gasteiger partial charge on any atom is -0.321 e. The highest BCUT2D eigenvalue weighted by molar-refractivity contribution is 8.03. The summed E-state index contributed by atoms with van der Waals surface area (Å²) in [5.41, 5.74) is 4.84. The topological polar surface area (TPSA) is 29.1 Å². The van der Waals surface area contributed by atoms with E-state index >= 15 is 0 Å². The number of anilines is 1. The van der Waals surface area contributed by atoms with Crippen molar-refractivity contribution in [3.05, 3.63) is 54.6 Å². The van der Waals surface area contributed by atoms with Crippen LogP contribution in [0.4, 0.5) is 5.69 Å². The second-order valence-corrected chi connectivity index (χ2v) is 8.85. The number of thioether (sulfide) groups is 1. The van der Waals surface area contributed by atoms with Crippen LogP contribution in [-0.2, 0) is 23.4 Å². The van der Waals surface area contributed by atoms with Gasteiger partial charge in [-0.05, 0) is 73.6 Å². The van der Waals surface area contributed by atoms with Crippen molar-refractivity contribution in [1.29, 1.82) is 0 Å².